The highest BCUT2D eigenvalue weighted by molar-refractivity contribution is 6.00. The Labute approximate surface area is 158 Å². The van der Waals surface area contributed by atoms with Crippen LogP contribution in [-0.2, 0) is 22.4 Å². The Hall–Kier alpha value is -2.95. The largest absolute Gasteiger partial charge is 0.481 e. The number of benzene rings is 2. The molecule has 1 aliphatic carbocycles. The van der Waals surface area contributed by atoms with Gasteiger partial charge in [0.05, 0.1) is 5.92 Å². The summed E-state index contributed by atoms with van der Waals surface area (Å²) in [6, 6.07) is 12.6. The van der Waals surface area contributed by atoms with E-state index in [2.05, 4.69) is 5.32 Å². The minimum absolute atomic E-state index is 0.0227. The smallest absolute Gasteiger partial charge is 0.310 e. The second kappa shape index (κ2) is 8.16. The van der Waals surface area contributed by atoms with Crippen molar-refractivity contribution in [3.63, 3.8) is 0 Å². The molecule has 2 aromatic carbocycles. The fourth-order valence-electron chi connectivity index (χ4n) is 3.34. The Kier molecular flexibility index (Phi) is 5.69. The molecule has 0 aliphatic heterocycles. The Bertz CT molecular complexity index is 870. The SMILES string of the molecule is CC(C(=O)O)c1ccc(NC(=O)CCC(=O)c2ccc3c(c2)CCC3)cc1. The fraction of sp³-hybridized carbons (Fsp3) is 0.318. The number of Topliss-reactive ketones (excluding diaryl/α,β-unsaturated/α-hetero) is 1. The third-order valence-electron chi connectivity index (χ3n) is 5.06. The molecular formula is C22H23NO4. The lowest BCUT2D eigenvalue weighted by molar-refractivity contribution is -0.138. The predicted molar refractivity (Wildman–Crippen MR) is 103 cm³/mol. The van der Waals surface area contributed by atoms with Crippen molar-refractivity contribution < 1.29 is 19.5 Å². The summed E-state index contributed by atoms with van der Waals surface area (Å²) in [6.45, 7) is 1.61. The molecule has 0 aromatic heterocycles. The van der Waals surface area contributed by atoms with Crippen molar-refractivity contribution in [3.8, 4) is 0 Å². The zero-order valence-corrected chi connectivity index (χ0v) is 15.3. The van der Waals surface area contributed by atoms with Crippen LogP contribution in [-0.4, -0.2) is 22.8 Å². The number of carbonyl (C=O) groups is 3. The van der Waals surface area contributed by atoms with E-state index in [1.807, 2.05) is 18.2 Å². The zero-order chi connectivity index (χ0) is 19.4. The molecule has 3 rings (SSSR count). The van der Waals surface area contributed by atoms with Crippen molar-refractivity contribution in [3.05, 3.63) is 64.7 Å². The highest BCUT2D eigenvalue weighted by Gasteiger charge is 2.16. The van der Waals surface area contributed by atoms with Gasteiger partial charge in [0.2, 0.25) is 5.91 Å². The lowest BCUT2D eigenvalue weighted by atomic mass is 10.0. The van der Waals surface area contributed by atoms with Crippen molar-refractivity contribution in [1.82, 2.24) is 0 Å². The molecule has 1 unspecified atom stereocenters. The fourth-order valence-corrected chi connectivity index (χ4v) is 3.34. The van der Waals surface area contributed by atoms with E-state index >= 15 is 0 Å². The van der Waals surface area contributed by atoms with Gasteiger partial charge in [0.1, 0.15) is 0 Å². The van der Waals surface area contributed by atoms with Crippen LogP contribution in [0.1, 0.15) is 59.2 Å². The first-order chi connectivity index (χ1) is 12.9. The van der Waals surface area contributed by atoms with Crippen molar-refractivity contribution in [2.45, 2.75) is 44.9 Å². The summed E-state index contributed by atoms with van der Waals surface area (Å²) in [5.74, 6) is -1.74. The van der Waals surface area contributed by atoms with E-state index < -0.39 is 11.9 Å². The van der Waals surface area contributed by atoms with Crippen LogP contribution in [0.5, 0.6) is 0 Å². The molecule has 0 saturated carbocycles. The molecule has 0 bridgehead atoms. The van der Waals surface area contributed by atoms with Crippen molar-refractivity contribution >= 4 is 23.3 Å². The van der Waals surface area contributed by atoms with E-state index in [1.54, 1.807) is 31.2 Å². The van der Waals surface area contributed by atoms with Gasteiger partial charge in [-0.3, -0.25) is 14.4 Å². The molecule has 5 heteroatoms. The summed E-state index contributed by atoms with van der Waals surface area (Å²) in [4.78, 5) is 35.4. The van der Waals surface area contributed by atoms with E-state index in [0.717, 1.165) is 19.3 Å². The first-order valence-electron chi connectivity index (χ1n) is 9.21. The molecule has 27 heavy (non-hydrogen) atoms. The van der Waals surface area contributed by atoms with Crippen LogP contribution in [0.25, 0.3) is 0 Å². The highest BCUT2D eigenvalue weighted by Crippen LogP contribution is 2.23. The summed E-state index contributed by atoms with van der Waals surface area (Å²) in [5.41, 5.74) is 4.51. The van der Waals surface area contributed by atoms with Crippen molar-refractivity contribution in [2.24, 2.45) is 0 Å². The molecule has 2 aromatic rings. The lowest BCUT2D eigenvalue weighted by Gasteiger charge is -2.09. The van der Waals surface area contributed by atoms with Gasteiger partial charge in [0.15, 0.2) is 5.78 Å². The summed E-state index contributed by atoms with van der Waals surface area (Å²) in [5, 5.41) is 11.8. The number of aryl methyl sites for hydroxylation is 2. The molecule has 0 spiro atoms. The van der Waals surface area contributed by atoms with E-state index in [-0.39, 0.29) is 24.5 Å². The van der Waals surface area contributed by atoms with Gasteiger partial charge in [-0.05, 0) is 61.1 Å². The number of hydrogen-bond acceptors (Lipinski definition) is 3. The topological polar surface area (TPSA) is 83.5 Å². The second-order valence-electron chi connectivity index (χ2n) is 6.99. The second-order valence-corrected chi connectivity index (χ2v) is 6.99. The first kappa shape index (κ1) is 18.8. The van der Waals surface area contributed by atoms with Gasteiger partial charge >= 0.3 is 5.97 Å². The maximum atomic E-state index is 12.3. The van der Waals surface area contributed by atoms with Crippen LogP contribution in [0, 0.1) is 0 Å². The standard InChI is InChI=1S/C22H23NO4/c1-14(22(26)27)15-7-9-19(10-8-15)23-21(25)12-11-20(24)18-6-5-16-3-2-4-17(16)13-18/h5-10,13-14H,2-4,11-12H2,1H3,(H,23,25)(H,26,27). The third-order valence-corrected chi connectivity index (χ3v) is 5.06. The molecule has 1 atom stereocenters. The van der Waals surface area contributed by atoms with Gasteiger partial charge in [-0.2, -0.15) is 0 Å². The van der Waals surface area contributed by atoms with Gasteiger partial charge < -0.3 is 10.4 Å². The maximum absolute atomic E-state index is 12.3. The molecule has 1 aliphatic rings. The molecule has 2 N–H and O–H groups in total. The van der Waals surface area contributed by atoms with Crippen LogP contribution in [0.3, 0.4) is 0 Å². The molecule has 0 heterocycles. The number of ketones is 1. The average molecular weight is 365 g/mol. The van der Waals surface area contributed by atoms with Gasteiger partial charge in [-0.1, -0.05) is 24.3 Å². The van der Waals surface area contributed by atoms with E-state index in [4.69, 9.17) is 5.11 Å². The minimum Gasteiger partial charge on any atom is -0.481 e. The monoisotopic (exact) mass is 365 g/mol. The van der Waals surface area contributed by atoms with Gasteiger partial charge in [-0.15, -0.1) is 0 Å². The Morgan fingerprint density at radius 1 is 1.00 bits per heavy atom. The lowest BCUT2D eigenvalue weighted by Crippen LogP contribution is -2.14. The molecule has 140 valence electrons. The van der Waals surface area contributed by atoms with Crippen LogP contribution >= 0.6 is 0 Å². The number of carboxylic acids is 1. The quantitative estimate of drug-likeness (QED) is 0.728. The summed E-state index contributed by atoms with van der Waals surface area (Å²) in [7, 11) is 0. The summed E-state index contributed by atoms with van der Waals surface area (Å²) >= 11 is 0. The van der Waals surface area contributed by atoms with Gasteiger partial charge in [-0.25, -0.2) is 0 Å². The number of carboxylic acid groups (broad SMARTS) is 1. The number of amides is 1. The molecule has 0 saturated heterocycles. The minimum atomic E-state index is -0.892. The summed E-state index contributed by atoms with van der Waals surface area (Å²) < 4.78 is 0. The normalized spacial score (nSPS) is 13.7. The van der Waals surface area contributed by atoms with E-state index in [0.29, 0.717) is 16.8 Å². The predicted octanol–water partition coefficient (Wildman–Crippen LogP) is 3.97. The molecule has 0 fully saturated rings. The number of fused-ring (bicyclic) bond motifs is 1. The Morgan fingerprint density at radius 3 is 2.41 bits per heavy atom. The first-order valence-corrected chi connectivity index (χ1v) is 9.21. The molecule has 0 radical (unpaired) electrons. The van der Waals surface area contributed by atoms with E-state index in [9.17, 15) is 14.4 Å². The number of hydrogen-bond donors (Lipinski definition) is 2. The summed E-state index contributed by atoms with van der Waals surface area (Å²) in [6.07, 6.45) is 3.52. The number of nitrogens with one attached hydrogen (secondary N) is 1. The van der Waals surface area contributed by atoms with Gasteiger partial charge in [0.25, 0.3) is 0 Å². The zero-order valence-electron chi connectivity index (χ0n) is 15.3. The van der Waals surface area contributed by atoms with Crippen LogP contribution < -0.4 is 5.32 Å². The number of rotatable bonds is 7. The molecular weight excluding hydrogens is 342 g/mol. The number of aliphatic carboxylic acids is 1. The highest BCUT2D eigenvalue weighted by atomic mass is 16.4. The van der Waals surface area contributed by atoms with Crippen molar-refractivity contribution in [1.29, 1.82) is 0 Å². The van der Waals surface area contributed by atoms with Crippen LogP contribution in [0.2, 0.25) is 0 Å². The number of anilines is 1. The Morgan fingerprint density at radius 2 is 1.70 bits per heavy atom. The maximum Gasteiger partial charge on any atom is 0.310 e. The molecule has 5 nitrogen and oxygen atoms in total. The van der Waals surface area contributed by atoms with Crippen LogP contribution in [0.4, 0.5) is 5.69 Å². The van der Waals surface area contributed by atoms with Gasteiger partial charge in [0, 0.05) is 24.1 Å². The van der Waals surface area contributed by atoms with Crippen LogP contribution in [0.15, 0.2) is 42.5 Å². The average Bonchev–Trinajstić information content (AvgIpc) is 3.13. The third kappa shape index (κ3) is 4.61. The number of carbonyl (C=O) groups excluding carboxylic acids is 2. The molecule has 1 amide bonds. The van der Waals surface area contributed by atoms with Crippen molar-refractivity contribution in [2.75, 3.05) is 5.32 Å². The Balaban J connectivity index is 1.52. The van der Waals surface area contributed by atoms with E-state index in [1.165, 1.54) is 11.1 Å².